The highest BCUT2D eigenvalue weighted by atomic mass is 16.5. The van der Waals surface area contributed by atoms with Crippen LogP contribution in [0.5, 0.6) is 11.5 Å². The number of hydrogen-bond donors (Lipinski definition) is 1. The van der Waals surface area contributed by atoms with Gasteiger partial charge < -0.3 is 15.4 Å². The highest BCUT2D eigenvalue weighted by Gasteiger charge is 2.43. The second-order valence-electron chi connectivity index (χ2n) is 7.81. The normalized spacial score (nSPS) is 21.5. The number of rotatable bonds is 3. The maximum atomic E-state index is 6.25. The highest BCUT2D eigenvalue weighted by molar-refractivity contribution is 6.01. The summed E-state index contributed by atoms with van der Waals surface area (Å²) in [7, 11) is 0. The molecule has 0 saturated heterocycles. The number of fused-ring (bicyclic) bond motifs is 1. The largest absolute Gasteiger partial charge is 0.457 e. The molecule has 5 nitrogen and oxygen atoms in total. The number of benzene rings is 2. The molecule has 2 unspecified atom stereocenters. The molecule has 5 heteroatoms. The SMILES string of the molecule is CC(C)(C)N1C=C(c2ccc(Oc3ccccc3)cc2)C2C(N)=NC=NC21. The number of aliphatic imine (C=N–C) groups is 2. The van der Waals surface area contributed by atoms with Crippen molar-refractivity contribution in [1.29, 1.82) is 0 Å². The summed E-state index contributed by atoms with van der Waals surface area (Å²) in [4.78, 5) is 11.1. The lowest BCUT2D eigenvalue weighted by Gasteiger charge is -2.38. The van der Waals surface area contributed by atoms with Crippen molar-refractivity contribution in [3.63, 3.8) is 0 Å². The van der Waals surface area contributed by atoms with Crippen LogP contribution in [0.4, 0.5) is 0 Å². The molecule has 2 heterocycles. The highest BCUT2D eigenvalue weighted by Crippen LogP contribution is 2.41. The van der Waals surface area contributed by atoms with Gasteiger partial charge in [0.2, 0.25) is 0 Å². The molecular weight excluding hydrogens is 336 g/mol. The molecular formula is C22H24N4O. The standard InChI is InChI=1S/C22H24N4O/c1-22(2,3)26-13-18(19-20(23)24-14-25-21(19)26)15-9-11-17(12-10-15)27-16-7-5-4-6-8-16/h4-14,19,21H,1-3H3,(H2,23,24,25). The molecule has 0 saturated carbocycles. The third kappa shape index (κ3) is 3.33. The first-order valence-electron chi connectivity index (χ1n) is 9.12. The van der Waals surface area contributed by atoms with Gasteiger partial charge in [-0.2, -0.15) is 0 Å². The number of hydrogen-bond acceptors (Lipinski definition) is 5. The van der Waals surface area contributed by atoms with Crippen molar-refractivity contribution < 1.29 is 4.74 Å². The Labute approximate surface area is 159 Å². The molecule has 0 aromatic heterocycles. The molecule has 0 radical (unpaired) electrons. The van der Waals surface area contributed by atoms with E-state index < -0.39 is 0 Å². The quantitative estimate of drug-likeness (QED) is 0.889. The molecule has 2 aliphatic rings. The summed E-state index contributed by atoms with van der Waals surface area (Å²) in [5.74, 6) is 2.20. The number of nitrogens with zero attached hydrogens (tertiary/aromatic N) is 3. The summed E-state index contributed by atoms with van der Waals surface area (Å²) in [5.41, 5.74) is 8.43. The third-order valence-electron chi connectivity index (χ3n) is 4.88. The van der Waals surface area contributed by atoms with E-state index in [9.17, 15) is 0 Å². The topological polar surface area (TPSA) is 63.2 Å². The molecule has 0 spiro atoms. The lowest BCUT2D eigenvalue weighted by molar-refractivity contribution is 0.154. The van der Waals surface area contributed by atoms with Gasteiger partial charge in [-0.25, -0.2) is 9.98 Å². The first-order valence-corrected chi connectivity index (χ1v) is 9.12. The maximum absolute atomic E-state index is 6.25. The van der Waals surface area contributed by atoms with Crippen LogP contribution in [0.25, 0.3) is 5.57 Å². The minimum atomic E-state index is -0.0595. The maximum Gasteiger partial charge on any atom is 0.137 e. The molecule has 2 aromatic carbocycles. The zero-order valence-corrected chi connectivity index (χ0v) is 15.8. The zero-order valence-electron chi connectivity index (χ0n) is 15.8. The van der Waals surface area contributed by atoms with Gasteiger partial charge in [-0.3, -0.25) is 0 Å². The molecule has 0 aliphatic carbocycles. The van der Waals surface area contributed by atoms with E-state index in [0.717, 1.165) is 22.6 Å². The second-order valence-corrected chi connectivity index (χ2v) is 7.81. The van der Waals surface area contributed by atoms with Crippen LogP contribution < -0.4 is 10.5 Å². The molecule has 2 N–H and O–H groups in total. The molecule has 0 fully saturated rings. The first-order chi connectivity index (χ1) is 12.9. The van der Waals surface area contributed by atoms with E-state index in [4.69, 9.17) is 10.5 Å². The molecule has 27 heavy (non-hydrogen) atoms. The average Bonchev–Trinajstić information content (AvgIpc) is 3.05. The molecule has 0 amide bonds. The Kier molecular flexibility index (Phi) is 4.22. The van der Waals surface area contributed by atoms with Crippen molar-refractivity contribution >= 4 is 17.7 Å². The summed E-state index contributed by atoms with van der Waals surface area (Å²) in [6, 6.07) is 17.9. The van der Waals surface area contributed by atoms with Gasteiger partial charge in [0.25, 0.3) is 0 Å². The van der Waals surface area contributed by atoms with E-state index in [0.29, 0.717) is 5.84 Å². The van der Waals surface area contributed by atoms with Gasteiger partial charge in [-0.05, 0) is 56.2 Å². The number of amidine groups is 1. The Morgan fingerprint density at radius 2 is 1.63 bits per heavy atom. The van der Waals surface area contributed by atoms with E-state index in [2.05, 4.69) is 54.0 Å². The van der Waals surface area contributed by atoms with Crippen LogP contribution in [0, 0.1) is 5.92 Å². The number of para-hydroxylation sites is 1. The summed E-state index contributed by atoms with van der Waals surface area (Å²) >= 11 is 0. The zero-order chi connectivity index (χ0) is 19.0. The van der Waals surface area contributed by atoms with E-state index in [1.165, 1.54) is 0 Å². The Bertz CT molecular complexity index is 908. The lowest BCUT2D eigenvalue weighted by atomic mass is 9.91. The fraction of sp³-hybridized carbons (Fsp3) is 0.273. The fourth-order valence-corrected chi connectivity index (χ4v) is 3.53. The van der Waals surface area contributed by atoms with Crippen LogP contribution >= 0.6 is 0 Å². The monoisotopic (exact) mass is 360 g/mol. The third-order valence-corrected chi connectivity index (χ3v) is 4.88. The fourth-order valence-electron chi connectivity index (χ4n) is 3.53. The summed E-state index contributed by atoms with van der Waals surface area (Å²) in [6.45, 7) is 6.53. The van der Waals surface area contributed by atoms with E-state index in [-0.39, 0.29) is 17.6 Å². The molecule has 4 rings (SSSR count). The average molecular weight is 360 g/mol. The van der Waals surface area contributed by atoms with Crippen molar-refractivity contribution in [2.45, 2.75) is 32.5 Å². The van der Waals surface area contributed by atoms with Crippen LogP contribution in [-0.2, 0) is 0 Å². The second kappa shape index (κ2) is 6.58. The van der Waals surface area contributed by atoms with E-state index in [1.54, 1.807) is 6.34 Å². The predicted octanol–water partition coefficient (Wildman–Crippen LogP) is 4.28. The number of nitrogens with two attached hydrogens (primary N) is 1. The molecule has 2 aliphatic heterocycles. The van der Waals surface area contributed by atoms with Crippen LogP contribution in [0.2, 0.25) is 0 Å². The number of ether oxygens (including phenoxy) is 1. The van der Waals surface area contributed by atoms with Gasteiger partial charge in [-0.15, -0.1) is 0 Å². The Balaban J connectivity index is 1.63. The lowest BCUT2D eigenvalue weighted by Crippen LogP contribution is -2.47. The Morgan fingerprint density at radius 3 is 2.30 bits per heavy atom. The molecule has 138 valence electrons. The van der Waals surface area contributed by atoms with Crippen LogP contribution in [0.15, 0.2) is 70.8 Å². The van der Waals surface area contributed by atoms with E-state index >= 15 is 0 Å². The summed E-state index contributed by atoms with van der Waals surface area (Å²) < 4.78 is 5.90. The van der Waals surface area contributed by atoms with Crippen LogP contribution in [0.1, 0.15) is 26.3 Å². The predicted molar refractivity (Wildman–Crippen MR) is 110 cm³/mol. The van der Waals surface area contributed by atoms with Gasteiger partial charge >= 0.3 is 0 Å². The van der Waals surface area contributed by atoms with Gasteiger partial charge in [0.1, 0.15) is 29.8 Å². The van der Waals surface area contributed by atoms with Gasteiger partial charge in [0, 0.05) is 11.7 Å². The summed E-state index contributed by atoms with van der Waals surface area (Å²) in [5, 5.41) is 0. The van der Waals surface area contributed by atoms with Gasteiger partial charge in [0.05, 0.1) is 5.92 Å². The van der Waals surface area contributed by atoms with E-state index in [1.807, 2.05) is 42.5 Å². The smallest absolute Gasteiger partial charge is 0.137 e. The molecule has 0 bridgehead atoms. The Hall–Kier alpha value is -3.08. The molecule has 2 aromatic rings. The van der Waals surface area contributed by atoms with Crippen molar-refractivity contribution in [2.75, 3.05) is 0 Å². The molecule has 2 atom stereocenters. The van der Waals surface area contributed by atoms with Gasteiger partial charge in [0.15, 0.2) is 0 Å². The van der Waals surface area contributed by atoms with Crippen LogP contribution in [0.3, 0.4) is 0 Å². The first kappa shape index (κ1) is 17.3. The van der Waals surface area contributed by atoms with Gasteiger partial charge in [-0.1, -0.05) is 30.3 Å². The van der Waals surface area contributed by atoms with Crippen molar-refractivity contribution in [2.24, 2.45) is 21.6 Å². The minimum Gasteiger partial charge on any atom is -0.457 e. The van der Waals surface area contributed by atoms with Crippen molar-refractivity contribution in [3.05, 3.63) is 66.4 Å². The van der Waals surface area contributed by atoms with Crippen molar-refractivity contribution in [3.8, 4) is 11.5 Å². The van der Waals surface area contributed by atoms with Crippen LogP contribution in [-0.4, -0.2) is 28.8 Å². The van der Waals surface area contributed by atoms with Crippen molar-refractivity contribution in [1.82, 2.24) is 4.90 Å². The minimum absolute atomic E-state index is 0.0323. The summed E-state index contributed by atoms with van der Waals surface area (Å²) in [6.07, 6.45) is 3.70. The Morgan fingerprint density at radius 1 is 0.963 bits per heavy atom.